The van der Waals surface area contributed by atoms with E-state index in [4.69, 9.17) is 21.1 Å². The third-order valence-corrected chi connectivity index (χ3v) is 5.97. The molecule has 5 nitrogen and oxygen atoms in total. The van der Waals surface area contributed by atoms with E-state index in [0.717, 1.165) is 6.07 Å². The Balaban J connectivity index is 1.38. The van der Waals surface area contributed by atoms with Crippen molar-refractivity contribution < 1.29 is 33.0 Å². The van der Waals surface area contributed by atoms with Gasteiger partial charge in [-0.3, -0.25) is 9.59 Å². The third kappa shape index (κ3) is 5.37. The van der Waals surface area contributed by atoms with Gasteiger partial charge in [0, 0.05) is 29.7 Å². The summed E-state index contributed by atoms with van der Waals surface area (Å²) in [7, 11) is 0. The second-order valence-corrected chi connectivity index (χ2v) is 8.39. The van der Waals surface area contributed by atoms with Crippen LogP contribution in [0.15, 0.2) is 54.6 Å². The molecule has 34 heavy (non-hydrogen) atoms. The molecule has 0 bridgehead atoms. The lowest BCUT2D eigenvalue weighted by atomic mass is 9.93. The van der Waals surface area contributed by atoms with Crippen LogP contribution >= 0.6 is 11.6 Å². The summed E-state index contributed by atoms with van der Waals surface area (Å²) in [6, 6.07) is 13.0. The molecule has 1 heterocycles. The molecule has 1 aliphatic rings. The van der Waals surface area contributed by atoms with Crippen molar-refractivity contribution in [3.63, 3.8) is 0 Å². The Kier molecular flexibility index (Phi) is 7.12. The lowest BCUT2D eigenvalue weighted by molar-refractivity contribution is -0.139. The summed E-state index contributed by atoms with van der Waals surface area (Å²) in [5, 5.41) is 9.65. The molecule has 1 aliphatic heterocycles. The highest BCUT2D eigenvalue weighted by Crippen LogP contribution is 2.41. The van der Waals surface area contributed by atoms with Crippen LogP contribution < -0.4 is 9.47 Å². The Bertz CT molecular complexity index is 1230. The first-order valence-electron chi connectivity index (χ1n) is 10.8. The van der Waals surface area contributed by atoms with Gasteiger partial charge in [-0.15, -0.1) is 0 Å². The van der Waals surface area contributed by atoms with E-state index in [9.17, 15) is 23.5 Å². The number of aliphatic carboxylic acids is 1. The summed E-state index contributed by atoms with van der Waals surface area (Å²) < 4.78 is 38.1. The van der Waals surface area contributed by atoms with Crippen molar-refractivity contribution in [3.05, 3.63) is 87.9 Å². The summed E-state index contributed by atoms with van der Waals surface area (Å²) in [5.74, 6) is -1.79. The second-order valence-electron chi connectivity index (χ2n) is 7.99. The first-order chi connectivity index (χ1) is 16.3. The number of ether oxygens (including phenoxy) is 2. The topological polar surface area (TPSA) is 72.8 Å². The molecule has 3 aromatic rings. The van der Waals surface area contributed by atoms with Gasteiger partial charge in [0.2, 0.25) is 0 Å². The number of hydrogen-bond donors (Lipinski definition) is 1. The molecule has 4 rings (SSSR count). The van der Waals surface area contributed by atoms with Gasteiger partial charge < -0.3 is 14.6 Å². The predicted octanol–water partition coefficient (Wildman–Crippen LogP) is 6.57. The van der Waals surface area contributed by atoms with Crippen LogP contribution in [-0.4, -0.2) is 23.5 Å². The SMILES string of the molecule is O=C(CCCc1ccc(F)cc1F)c1ccc(Oc2cc3c(cc2Cl)C(C(=O)O)CCO3)cc1. The Labute approximate surface area is 199 Å². The molecule has 0 fully saturated rings. The molecule has 1 N–H and O–H groups in total. The van der Waals surface area contributed by atoms with Gasteiger partial charge >= 0.3 is 5.97 Å². The summed E-state index contributed by atoms with van der Waals surface area (Å²) >= 11 is 6.32. The first kappa shape index (κ1) is 23.7. The molecule has 0 spiro atoms. The quantitative estimate of drug-likeness (QED) is 0.365. The third-order valence-electron chi connectivity index (χ3n) is 5.67. The van der Waals surface area contributed by atoms with Crippen LogP contribution in [0.3, 0.4) is 0 Å². The normalized spacial score (nSPS) is 14.7. The zero-order chi connectivity index (χ0) is 24.2. The number of carboxylic acids is 1. The fraction of sp³-hybridized carbons (Fsp3) is 0.231. The number of aryl methyl sites for hydroxylation is 1. The van der Waals surface area contributed by atoms with Crippen LogP contribution in [0.4, 0.5) is 8.78 Å². The minimum atomic E-state index is -0.933. The van der Waals surface area contributed by atoms with Gasteiger partial charge in [-0.1, -0.05) is 17.7 Å². The molecular weight excluding hydrogens is 466 g/mol. The maximum absolute atomic E-state index is 13.7. The van der Waals surface area contributed by atoms with Crippen LogP contribution in [0.1, 0.15) is 46.7 Å². The van der Waals surface area contributed by atoms with Crippen molar-refractivity contribution in [1.82, 2.24) is 0 Å². The highest BCUT2D eigenvalue weighted by atomic mass is 35.5. The largest absolute Gasteiger partial charge is 0.493 e. The molecule has 176 valence electrons. The number of fused-ring (bicyclic) bond motifs is 1. The molecule has 8 heteroatoms. The molecule has 0 aliphatic carbocycles. The smallest absolute Gasteiger partial charge is 0.311 e. The Morgan fingerprint density at radius 3 is 2.56 bits per heavy atom. The van der Waals surface area contributed by atoms with Gasteiger partial charge in [0.25, 0.3) is 0 Å². The lowest BCUT2D eigenvalue weighted by Gasteiger charge is -2.24. The molecule has 0 amide bonds. The van der Waals surface area contributed by atoms with E-state index in [-0.39, 0.29) is 23.8 Å². The first-order valence-corrected chi connectivity index (χ1v) is 11.1. The molecule has 1 atom stereocenters. The Morgan fingerprint density at radius 1 is 1.09 bits per heavy atom. The Morgan fingerprint density at radius 2 is 1.85 bits per heavy atom. The number of benzene rings is 3. The van der Waals surface area contributed by atoms with E-state index < -0.39 is 23.5 Å². The highest BCUT2D eigenvalue weighted by molar-refractivity contribution is 6.32. The number of halogens is 3. The van der Waals surface area contributed by atoms with Gasteiger partial charge in [0.1, 0.15) is 28.9 Å². The minimum absolute atomic E-state index is 0.103. The van der Waals surface area contributed by atoms with Crippen molar-refractivity contribution >= 4 is 23.4 Å². The summed E-state index contributed by atoms with van der Waals surface area (Å²) in [6.07, 6.45) is 1.35. The monoisotopic (exact) mass is 486 g/mol. The fourth-order valence-electron chi connectivity index (χ4n) is 3.87. The maximum atomic E-state index is 13.7. The highest BCUT2D eigenvalue weighted by Gasteiger charge is 2.29. The van der Waals surface area contributed by atoms with Crippen molar-refractivity contribution in [2.45, 2.75) is 31.6 Å². The number of hydrogen-bond acceptors (Lipinski definition) is 4. The van der Waals surface area contributed by atoms with Crippen molar-refractivity contribution in [2.24, 2.45) is 0 Å². The van der Waals surface area contributed by atoms with Gasteiger partial charge in [-0.25, -0.2) is 8.78 Å². The van der Waals surface area contributed by atoms with Crippen LogP contribution in [0, 0.1) is 11.6 Å². The molecule has 0 saturated heterocycles. The van der Waals surface area contributed by atoms with Crippen LogP contribution in [0.2, 0.25) is 5.02 Å². The maximum Gasteiger partial charge on any atom is 0.311 e. The Hall–Kier alpha value is -3.45. The number of rotatable bonds is 8. The summed E-state index contributed by atoms with van der Waals surface area (Å²) in [4.78, 5) is 23.9. The second kappa shape index (κ2) is 10.2. The van der Waals surface area contributed by atoms with Gasteiger partial charge in [0.15, 0.2) is 5.78 Å². The van der Waals surface area contributed by atoms with Gasteiger partial charge in [-0.05, 0) is 61.2 Å². The zero-order valence-electron chi connectivity index (χ0n) is 18.0. The number of carbonyl (C=O) groups is 2. The number of carbonyl (C=O) groups excluding carboxylic acids is 1. The molecule has 3 aromatic carbocycles. The van der Waals surface area contributed by atoms with E-state index in [1.165, 1.54) is 12.1 Å². The van der Waals surface area contributed by atoms with E-state index in [1.54, 1.807) is 36.4 Å². The van der Waals surface area contributed by atoms with Gasteiger partial charge in [-0.2, -0.15) is 0 Å². The van der Waals surface area contributed by atoms with E-state index >= 15 is 0 Å². The summed E-state index contributed by atoms with van der Waals surface area (Å²) in [5.41, 5.74) is 1.37. The van der Waals surface area contributed by atoms with Crippen molar-refractivity contribution in [1.29, 1.82) is 0 Å². The number of carboxylic acid groups (broad SMARTS) is 1. The number of ketones is 1. The average Bonchev–Trinajstić information content (AvgIpc) is 2.81. The van der Waals surface area contributed by atoms with Crippen molar-refractivity contribution in [3.8, 4) is 17.2 Å². The zero-order valence-corrected chi connectivity index (χ0v) is 18.8. The predicted molar refractivity (Wildman–Crippen MR) is 122 cm³/mol. The van der Waals surface area contributed by atoms with E-state index in [1.807, 2.05) is 0 Å². The standard InChI is InChI=1S/C26H21ClF2O5/c27-21-13-20-19(26(31)32)10-11-33-24(20)14-25(21)34-18-8-5-16(6-9-18)23(30)3-1-2-15-4-7-17(28)12-22(15)29/h4-9,12-14,19H,1-3,10-11H2,(H,31,32). The minimum Gasteiger partial charge on any atom is -0.493 e. The molecular formula is C26H21ClF2O5. The molecule has 0 aromatic heterocycles. The average molecular weight is 487 g/mol. The summed E-state index contributed by atoms with van der Waals surface area (Å²) in [6.45, 7) is 0.287. The lowest BCUT2D eigenvalue weighted by Crippen LogP contribution is -2.20. The van der Waals surface area contributed by atoms with Crippen LogP contribution in [0.25, 0.3) is 0 Å². The molecule has 1 unspecified atom stereocenters. The molecule has 0 radical (unpaired) electrons. The van der Waals surface area contributed by atoms with E-state index in [2.05, 4.69) is 0 Å². The van der Waals surface area contributed by atoms with Crippen LogP contribution in [0.5, 0.6) is 17.2 Å². The van der Waals surface area contributed by atoms with Crippen LogP contribution in [-0.2, 0) is 11.2 Å². The van der Waals surface area contributed by atoms with E-state index in [0.29, 0.717) is 53.2 Å². The van der Waals surface area contributed by atoms with Gasteiger partial charge in [0.05, 0.1) is 17.5 Å². The molecule has 0 saturated carbocycles. The number of Topliss-reactive ketones (excluding diaryl/α,β-unsaturated/α-hetero) is 1. The fourth-order valence-corrected chi connectivity index (χ4v) is 4.08. The van der Waals surface area contributed by atoms with Crippen molar-refractivity contribution in [2.75, 3.05) is 6.61 Å².